The molecule has 0 bridgehead atoms. The molecule has 7 nitrogen and oxygen atoms in total. The van der Waals surface area contributed by atoms with Crippen LogP contribution in [0.2, 0.25) is 0 Å². The number of para-hydroxylation sites is 1. The van der Waals surface area contributed by atoms with Crippen molar-refractivity contribution >= 4 is 5.91 Å². The van der Waals surface area contributed by atoms with Crippen LogP contribution in [0.4, 0.5) is 0 Å². The van der Waals surface area contributed by atoms with Gasteiger partial charge in [-0.15, -0.1) is 5.10 Å². The zero-order chi connectivity index (χ0) is 19.3. The van der Waals surface area contributed by atoms with Crippen molar-refractivity contribution in [2.75, 3.05) is 13.2 Å². The molecule has 28 heavy (non-hydrogen) atoms. The number of carbonyl (C=O) groups is 1. The fourth-order valence-electron chi connectivity index (χ4n) is 3.03. The highest BCUT2D eigenvalue weighted by molar-refractivity contribution is 5.77. The predicted molar refractivity (Wildman–Crippen MR) is 105 cm³/mol. The van der Waals surface area contributed by atoms with Gasteiger partial charge in [0.1, 0.15) is 5.75 Å². The normalized spacial score (nSPS) is 13.3. The Hall–Kier alpha value is -3.35. The maximum Gasteiger partial charge on any atom is 0.346 e. The molecule has 0 radical (unpaired) electrons. The van der Waals surface area contributed by atoms with Gasteiger partial charge in [0.2, 0.25) is 0 Å². The van der Waals surface area contributed by atoms with E-state index in [1.54, 1.807) is 16.7 Å². The van der Waals surface area contributed by atoms with Crippen molar-refractivity contribution in [3.8, 4) is 17.1 Å². The number of benzene rings is 2. The molecule has 0 atom stereocenters. The lowest BCUT2D eigenvalue weighted by atomic mass is 10.2. The number of hydrogen-bond donors (Lipinski definition) is 1. The minimum atomic E-state index is -0.234. The standard InChI is InChI=1S/C21H22N4O3/c26-19(15-28-18-9-5-2-6-10-18)22-13-14-24-21(27)25(17-11-12-17)20(23-24)16-7-3-1-4-8-16/h1-10,17H,11-15H2,(H,22,26). The van der Waals surface area contributed by atoms with Gasteiger partial charge in [-0.1, -0.05) is 48.5 Å². The summed E-state index contributed by atoms with van der Waals surface area (Å²) < 4.78 is 8.62. The molecule has 3 aromatic rings. The fraction of sp³-hybridized carbons (Fsp3) is 0.286. The van der Waals surface area contributed by atoms with E-state index in [1.165, 1.54) is 4.68 Å². The number of aromatic nitrogens is 3. The minimum Gasteiger partial charge on any atom is -0.484 e. The summed E-state index contributed by atoms with van der Waals surface area (Å²) in [7, 11) is 0. The summed E-state index contributed by atoms with van der Waals surface area (Å²) in [6.45, 7) is 0.562. The third-order valence-electron chi connectivity index (χ3n) is 4.57. The van der Waals surface area contributed by atoms with Gasteiger partial charge in [0.05, 0.1) is 6.54 Å². The van der Waals surface area contributed by atoms with Gasteiger partial charge in [-0.2, -0.15) is 0 Å². The van der Waals surface area contributed by atoms with Crippen LogP contribution in [0.3, 0.4) is 0 Å². The molecule has 1 aliphatic carbocycles. The number of carbonyl (C=O) groups excluding carboxylic acids is 1. The summed E-state index contributed by atoms with van der Waals surface area (Å²) in [5.41, 5.74) is 0.793. The molecule has 0 aliphatic heterocycles. The number of hydrogen-bond acceptors (Lipinski definition) is 4. The van der Waals surface area contributed by atoms with Crippen molar-refractivity contribution in [2.45, 2.75) is 25.4 Å². The van der Waals surface area contributed by atoms with E-state index in [9.17, 15) is 9.59 Å². The highest BCUT2D eigenvalue weighted by Crippen LogP contribution is 2.36. The lowest BCUT2D eigenvalue weighted by Crippen LogP contribution is -2.34. The molecule has 4 rings (SSSR count). The molecule has 0 unspecified atom stereocenters. The second kappa shape index (κ2) is 8.12. The zero-order valence-corrected chi connectivity index (χ0v) is 15.5. The highest BCUT2D eigenvalue weighted by Gasteiger charge is 2.30. The van der Waals surface area contributed by atoms with Crippen LogP contribution in [0.1, 0.15) is 18.9 Å². The summed E-state index contributed by atoms with van der Waals surface area (Å²) in [6, 6.07) is 19.1. The molecular formula is C21H22N4O3. The smallest absolute Gasteiger partial charge is 0.346 e. The third kappa shape index (κ3) is 4.14. The van der Waals surface area contributed by atoms with Crippen molar-refractivity contribution in [1.29, 1.82) is 0 Å². The minimum absolute atomic E-state index is 0.0648. The number of nitrogens with zero attached hydrogens (tertiary/aromatic N) is 3. The number of ether oxygens (including phenoxy) is 1. The van der Waals surface area contributed by atoms with Gasteiger partial charge < -0.3 is 10.1 Å². The fourth-order valence-corrected chi connectivity index (χ4v) is 3.03. The lowest BCUT2D eigenvalue weighted by molar-refractivity contribution is -0.123. The molecule has 7 heteroatoms. The summed E-state index contributed by atoms with van der Waals surface area (Å²) >= 11 is 0. The molecule has 1 aromatic heterocycles. The Morgan fingerprint density at radius 2 is 1.75 bits per heavy atom. The Morgan fingerprint density at radius 1 is 1.07 bits per heavy atom. The summed E-state index contributed by atoms with van der Waals surface area (Å²) in [5, 5.41) is 7.29. The zero-order valence-electron chi connectivity index (χ0n) is 15.5. The Balaban J connectivity index is 1.37. The monoisotopic (exact) mass is 378 g/mol. The molecule has 1 N–H and O–H groups in total. The van der Waals surface area contributed by atoms with Crippen molar-refractivity contribution in [3.05, 3.63) is 71.1 Å². The SMILES string of the molecule is O=C(COc1ccccc1)NCCn1nc(-c2ccccc2)n(C2CC2)c1=O. The van der Waals surface area contributed by atoms with E-state index < -0.39 is 0 Å². The van der Waals surface area contributed by atoms with Crippen LogP contribution in [-0.2, 0) is 11.3 Å². The first-order valence-electron chi connectivity index (χ1n) is 9.41. The van der Waals surface area contributed by atoms with E-state index in [2.05, 4.69) is 10.4 Å². The first-order chi connectivity index (χ1) is 13.7. The second-order valence-electron chi connectivity index (χ2n) is 6.75. The van der Waals surface area contributed by atoms with E-state index >= 15 is 0 Å². The second-order valence-corrected chi connectivity index (χ2v) is 6.75. The first kappa shape index (κ1) is 18.0. The van der Waals surface area contributed by atoms with E-state index in [0.29, 0.717) is 24.7 Å². The third-order valence-corrected chi connectivity index (χ3v) is 4.57. The first-order valence-corrected chi connectivity index (χ1v) is 9.41. The van der Waals surface area contributed by atoms with Crippen molar-refractivity contribution in [2.24, 2.45) is 0 Å². The predicted octanol–water partition coefficient (Wildman–Crippen LogP) is 2.24. The van der Waals surface area contributed by atoms with Gasteiger partial charge in [0, 0.05) is 18.2 Å². The molecule has 1 saturated carbocycles. The number of amides is 1. The molecular weight excluding hydrogens is 356 g/mol. The molecule has 144 valence electrons. The number of nitrogens with one attached hydrogen (secondary N) is 1. The Morgan fingerprint density at radius 3 is 2.43 bits per heavy atom. The van der Waals surface area contributed by atoms with Gasteiger partial charge in [0.25, 0.3) is 5.91 Å². The summed E-state index contributed by atoms with van der Waals surface area (Å²) in [5.74, 6) is 1.10. The largest absolute Gasteiger partial charge is 0.484 e. The molecule has 0 saturated heterocycles. The Bertz CT molecular complexity index is 991. The Labute approximate surface area is 162 Å². The summed E-state index contributed by atoms with van der Waals surface area (Å²) in [6.07, 6.45) is 2.00. The van der Waals surface area contributed by atoms with E-state index in [1.807, 2.05) is 48.5 Å². The Kier molecular flexibility index (Phi) is 5.23. The maximum atomic E-state index is 12.8. The quantitative estimate of drug-likeness (QED) is 0.652. The summed E-state index contributed by atoms with van der Waals surface area (Å²) in [4.78, 5) is 24.7. The van der Waals surface area contributed by atoms with Crippen molar-refractivity contribution < 1.29 is 9.53 Å². The van der Waals surface area contributed by atoms with Gasteiger partial charge >= 0.3 is 5.69 Å². The van der Waals surface area contributed by atoms with Gasteiger partial charge in [-0.05, 0) is 25.0 Å². The average Bonchev–Trinajstić information content (AvgIpc) is 3.52. The van der Waals surface area contributed by atoms with Crippen LogP contribution in [0.15, 0.2) is 65.5 Å². The van der Waals surface area contributed by atoms with Crippen LogP contribution in [-0.4, -0.2) is 33.4 Å². The molecule has 0 spiro atoms. The molecule has 1 heterocycles. The van der Waals surface area contributed by atoms with Crippen LogP contribution < -0.4 is 15.7 Å². The van der Waals surface area contributed by atoms with Crippen molar-refractivity contribution in [1.82, 2.24) is 19.7 Å². The molecule has 1 aliphatic rings. The lowest BCUT2D eigenvalue weighted by Gasteiger charge is -2.07. The molecule has 1 amide bonds. The highest BCUT2D eigenvalue weighted by atomic mass is 16.5. The van der Waals surface area contributed by atoms with E-state index in [0.717, 1.165) is 18.4 Å². The van der Waals surface area contributed by atoms with Crippen LogP contribution in [0, 0.1) is 0 Å². The van der Waals surface area contributed by atoms with E-state index in [-0.39, 0.29) is 24.2 Å². The molecule has 1 fully saturated rings. The molecule has 2 aromatic carbocycles. The average molecular weight is 378 g/mol. The maximum absolute atomic E-state index is 12.8. The van der Waals surface area contributed by atoms with Crippen molar-refractivity contribution in [3.63, 3.8) is 0 Å². The van der Waals surface area contributed by atoms with Gasteiger partial charge in [0.15, 0.2) is 12.4 Å². The van der Waals surface area contributed by atoms with Crippen LogP contribution in [0.5, 0.6) is 5.75 Å². The number of rotatable bonds is 8. The van der Waals surface area contributed by atoms with Crippen LogP contribution in [0.25, 0.3) is 11.4 Å². The van der Waals surface area contributed by atoms with Crippen LogP contribution >= 0.6 is 0 Å². The van der Waals surface area contributed by atoms with Gasteiger partial charge in [-0.3, -0.25) is 9.36 Å². The van der Waals surface area contributed by atoms with E-state index in [4.69, 9.17) is 4.74 Å². The van der Waals surface area contributed by atoms with Gasteiger partial charge in [-0.25, -0.2) is 9.48 Å². The topological polar surface area (TPSA) is 78.2 Å².